The highest BCUT2D eigenvalue weighted by Crippen LogP contribution is 2.55. The van der Waals surface area contributed by atoms with Crippen molar-refractivity contribution < 1.29 is 17.9 Å². The minimum atomic E-state index is -3.19. The molecule has 3 heterocycles. The van der Waals surface area contributed by atoms with E-state index in [9.17, 15) is 13.2 Å². The molecule has 2 bridgehead atoms. The molecule has 3 saturated heterocycles. The number of rotatable bonds is 6. The Hall–Kier alpha value is -0.920. The minimum Gasteiger partial charge on any atom is -0.369 e. The molecule has 1 amide bonds. The topological polar surface area (TPSA) is 75.7 Å². The van der Waals surface area contributed by atoms with Gasteiger partial charge in [-0.25, -0.2) is 13.1 Å². The Labute approximate surface area is 155 Å². The standard InChI is InChI=1S/C19H28N2O4S/c22-18(14-3-1-2-4-14)21-10-16-15(17-7-8-19(16,12-21)25-17)9-20-26(23,24)11-13-5-6-13/h1-2,13-17,20H,3-12H2/t15-,16+,17+,19+/m0/s1. The number of amides is 1. The van der Waals surface area contributed by atoms with Crippen LogP contribution in [0.3, 0.4) is 0 Å². The number of allylic oxidation sites excluding steroid dienone is 2. The van der Waals surface area contributed by atoms with E-state index in [0.717, 1.165) is 45.1 Å². The lowest BCUT2D eigenvalue weighted by Gasteiger charge is -2.29. The third-order valence-electron chi connectivity index (χ3n) is 7.14. The molecule has 4 atom stereocenters. The number of nitrogens with one attached hydrogen (secondary N) is 1. The first kappa shape index (κ1) is 17.2. The van der Waals surface area contributed by atoms with Crippen LogP contribution in [0.4, 0.5) is 0 Å². The molecule has 0 aromatic heterocycles. The lowest BCUT2D eigenvalue weighted by molar-refractivity contribution is -0.135. The summed E-state index contributed by atoms with van der Waals surface area (Å²) in [6.45, 7) is 1.87. The highest BCUT2D eigenvalue weighted by Gasteiger charge is 2.63. The van der Waals surface area contributed by atoms with Gasteiger partial charge in [-0.2, -0.15) is 0 Å². The largest absolute Gasteiger partial charge is 0.369 e. The zero-order valence-corrected chi connectivity index (χ0v) is 15.9. The molecule has 6 nitrogen and oxygen atoms in total. The van der Waals surface area contributed by atoms with Crippen LogP contribution in [-0.4, -0.2) is 56.3 Å². The van der Waals surface area contributed by atoms with Crippen LogP contribution >= 0.6 is 0 Å². The number of fused-ring (bicyclic) bond motifs is 1. The number of nitrogens with zero attached hydrogens (tertiary/aromatic N) is 1. The van der Waals surface area contributed by atoms with E-state index in [0.29, 0.717) is 19.0 Å². The fourth-order valence-corrected chi connectivity index (χ4v) is 7.10. The Morgan fingerprint density at radius 2 is 2.00 bits per heavy atom. The van der Waals surface area contributed by atoms with Crippen LogP contribution in [-0.2, 0) is 19.6 Å². The number of likely N-dealkylation sites (tertiary alicyclic amines) is 1. The van der Waals surface area contributed by atoms with Crippen LogP contribution in [0, 0.1) is 23.7 Å². The van der Waals surface area contributed by atoms with Gasteiger partial charge in [-0.05, 0) is 44.4 Å². The molecule has 0 radical (unpaired) electrons. The second-order valence-electron chi connectivity index (χ2n) is 8.96. The van der Waals surface area contributed by atoms with Gasteiger partial charge < -0.3 is 9.64 Å². The fraction of sp³-hybridized carbons (Fsp3) is 0.842. The maximum Gasteiger partial charge on any atom is 0.226 e. The quantitative estimate of drug-likeness (QED) is 0.705. The molecule has 3 aliphatic heterocycles. The second-order valence-corrected chi connectivity index (χ2v) is 10.8. The van der Waals surface area contributed by atoms with Crippen molar-refractivity contribution >= 4 is 15.9 Å². The van der Waals surface area contributed by atoms with Gasteiger partial charge in [-0.1, -0.05) is 12.2 Å². The molecule has 7 heteroatoms. The summed E-state index contributed by atoms with van der Waals surface area (Å²) in [5.41, 5.74) is -0.223. The van der Waals surface area contributed by atoms with Crippen LogP contribution in [0.15, 0.2) is 12.2 Å². The molecule has 5 rings (SSSR count). The number of ether oxygens (including phenoxy) is 1. The Morgan fingerprint density at radius 3 is 2.73 bits per heavy atom. The van der Waals surface area contributed by atoms with E-state index in [1.165, 1.54) is 0 Å². The Balaban J connectivity index is 1.25. The van der Waals surface area contributed by atoms with Crippen molar-refractivity contribution in [3.05, 3.63) is 12.2 Å². The van der Waals surface area contributed by atoms with Crippen LogP contribution in [0.1, 0.15) is 38.5 Å². The first-order valence-electron chi connectivity index (χ1n) is 10.0. The summed E-state index contributed by atoms with van der Waals surface area (Å²) in [4.78, 5) is 14.8. The SMILES string of the molecule is O=C(C1CC=CC1)N1C[C@@H]2[C@H](CNS(=O)(=O)CC3CC3)[C@H]3CC[C@]2(C1)O3. The average molecular weight is 381 g/mol. The molecule has 1 N–H and O–H groups in total. The molecular weight excluding hydrogens is 352 g/mol. The summed E-state index contributed by atoms with van der Waals surface area (Å²) in [5.74, 6) is 1.42. The molecule has 2 aliphatic carbocycles. The maximum absolute atomic E-state index is 12.8. The molecule has 1 saturated carbocycles. The smallest absolute Gasteiger partial charge is 0.226 e. The molecule has 1 spiro atoms. The van der Waals surface area contributed by atoms with Gasteiger partial charge in [-0.15, -0.1) is 0 Å². The van der Waals surface area contributed by atoms with E-state index in [1.807, 2.05) is 4.90 Å². The highest BCUT2D eigenvalue weighted by molar-refractivity contribution is 7.89. The van der Waals surface area contributed by atoms with Crippen molar-refractivity contribution in [2.24, 2.45) is 23.7 Å². The van der Waals surface area contributed by atoms with Gasteiger partial charge in [0.25, 0.3) is 0 Å². The predicted molar refractivity (Wildman–Crippen MR) is 96.8 cm³/mol. The van der Waals surface area contributed by atoms with Crippen molar-refractivity contribution in [3.63, 3.8) is 0 Å². The molecule has 26 heavy (non-hydrogen) atoms. The van der Waals surface area contributed by atoms with Crippen LogP contribution in [0.25, 0.3) is 0 Å². The summed E-state index contributed by atoms with van der Waals surface area (Å²) in [5, 5.41) is 0. The number of hydrogen-bond acceptors (Lipinski definition) is 4. The Kier molecular flexibility index (Phi) is 4.00. The third kappa shape index (κ3) is 2.92. The van der Waals surface area contributed by atoms with Crippen molar-refractivity contribution in [1.82, 2.24) is 9.62 Å². The van der Waals surface area contributed by atoms with Crippen molar-refractivity contribution in [2.75, 3.05) is 25.4 Å². The van der Waals surface area contributed by atoms with Crippen molar-refractivity contribution in [3.8, 4) is 0 Å². The molecule has 144 valence electrons. The molecule has 0 aromatic carbocycles. The maximum atomic E-state index is 12.8. The van der Waals surface area contributed by atoms with Crippen LogP contribution < -0.4 is 4.72 Å². The van der Waals surface area contributed by atoms with Gasteiger partial charge in [0, 0.05) is 30.8 Å². The molecular formula is C19H28N2O4S. The van der Waals surface area contributed by atoms with E-state index < -0.39 is 10.0 Å². The minimum absolute atomic E-state index is 0.0953. The van der Waals surface area contributed by atoms with Gasteiger partial charge in [0.05, 0.1) is 24.0 Å². The molecule has 4 fully saturated rings. The zero-order chi connectivity index (χ0) is 17.9. The highest BCUT2D eigenvalue weighted by atomic mass is 32.2. The summed E-state index contributed by atoms with van der Waals surface area (Å²) in [7, 11) is -3.19. The van der Waals surface area contributed by atoms with E-state index >= 15 is 0 Å². The summed E-state index contributed by atoms with van der Waals surface area (Å²) in [6, 6.07) is 0. The van der Waals surface area contributed by atoms with Crippen molar-refractivity contribution in [1.29, 1.82) is 0 Å². The van der Waals surface area contributed by atoms with Gasteiger partial charge >= 0.3 is 0 Å². The van der Waals surface area contributed by atoms with Crippen molar-refractivity contribution in [2.45, 2.75) is 50.2 Å². The number of sulfonamides is 1. The number of hydrogen-bond donors (Lipinski definition) is 1. The number of carbonyl (C=O) groups is 1. The predicted octanol–water partition coefficient (Wildman–Crippen LogP) is 1.29. The molecule has 5 aliphatic rings. The molecule has 0 unspecified atom stereocenters. The monoisotopic (exact) mass is 380 g/mol. The third-order valence-corrected chi connectivity index (χ3v) is 8.66. The van der Waals surface area contributed by atoms with Crippen LogP contribution in [0.5, 0.6) is 0 Å². The summed E-state index contributed by atoms with van der Waals surface area (Å²) >= 11 is 0. The first-order valence-corrected chi connectivity index (χ1v) is 11.7. The van der Waals surface area contributed by atoms with Gasteiger partial charge in [0.2, 0.25) is 15.9 Å². The lowest BCUT2D eigenvalue weighted by Crippen LogP contribution is -2.42. The number of carbonyl (C=O) groups excluding carboxylic acids is 1. The first-order chi connectivity index (χ1) is 12.5. The van der Waals surface area contributed by atoms with E-state index in [-0.39, 0.29) is 41.1 Å². The second kappa shape index (κ2) is 6.04. The summed E-state index contributed by atoms with van der Waals surface area (Å²) < 4.78 is 33.7. The average Bonchev–Trinajstić information content (AvgIpc) is 3.05. The summed E-state index contributed by atoms with van der Waals surface area (Å²) in [6.07, 6.45) is 10.1. The van der Waals surface area contributed by atoms with Crippen LogP contribution in [0.2, 0.25) is 0 Å². The van der Waals surface area contributed by atoms with Gasteiger partial charge in [0.1, 0.15) is 0 Å². The lowest BCUT2D eigenvalue weighted by atomic mass is 9.74. The molecule has 0 aromatic rings. The van der Waals surface area contributed by atoms with E-state index in [4.69, 9.17) is 4.74 Å². The Bertz CT molecular complexity index is 724. The Morgan fingerprint density at radius 1 is 1.23 bits per heavy atom. The van der Waals surface area contributed by atoms with E-state index in [1.54, 1.807) is 0 Å². The fourth-order valence-electron chi connectivity index (χ4n) is 5.59. The van der Waals surface area contributed by atoms with E-state index in [2.05, 4.69) is 16.9 Å². The van der Waals surface area contributed by atoms with Gasteiger partial charge in [0.15, 0.2) is 0 Å². The zero-order valence-electron chi connectivity index (χ0n) is 15.1. The normalized spacial score (nSPS) is 39.1. The van der Waals surface area contributed by atoms with Gasteiger partial charge in [-0.3, -0.25) is 4.79 Å².